The Labute approximate surface area is 103 Å². The Morgan fingerprint density at radius 1 is 1.29 bits per heavy atom. The Bertz CT molecular complexity index is 324. The molecule has 0 unspecified atom stereocenters. The van der Waals surface area contributed by atoms with E-state index in [-0.39, 0.29) is 5.91 Å². The lowest BCUT2D eigenvalue weighted by Gasteiger charge is -2.15. The summed E-state index contributed by atoms with van der Waals surface area (Å²) in [6.07, 6.45) is 10.8. The van der Waals surface area contributed by atoms with Crippen LogP contribution in [0.15, 0.2) is 18.3 Å². The van der Waals surface area contributed by atoms with Crippen molar-refractivity contribution in [3.05, 3.63) is 24.0 Å². The number of H-pyrrole nitrogens is 1. The van der Waals surface area contributed by atoms with E-state index in [0.717, 1.165) is 25.0 Å². The van der Waals surface area contributed by atoms with E-state index < -0.39 is 0 Å². The number of hydrogen-bond acceptors (Lipinski definition) is 1. The summed E-state index contributed by atoms with van der Waals surface area (Å²) < 4.78 is 0. The zero-order valence-corrected chi connectivity index (χ0v) is 10.4. The number of aromatic nitrogens is 1. The number of aromatic amines is 1. The summed E-state index contributed by atoms with van der Waals surface area (Å²) in [6.45, 7) is 0. The molecule has 1 aliphatic rings. The molecule has 0 aromatic carbocycles. The van der Waals surface area contributed by atoms with Gasteiger partial charge in [-0.1, -0.05) is 25.7 Å². The van der Waals surface area contributed by atoms with Crippen molar-refractivity contribution < 1.29 is 4.79 Å². The van der Waals surface area contributed by atoms with Gasteiger partial charge in [0, 0.05) is 24.4 Å². The van der Waals surface area contributed by atoms with E-state index >= 15 is 0 Å². The van der Waals surface area contributed by atoms with Crippen LogP contribution in [-0.2, 0) is 11.2 Å². The largest absolute Gasteiger partial charge is 0.365 e. The fraction of sp³-hybridized carbons (Fsp3) is 0.643. The second kappa shape index (κ2) is 6.48. The first-order valence-electron chi connectivity index (χ1n) is 6.76. The van der Waals surface area contributed by atoms with Crippen LogP contribution in [0, 0.1) is 0 Å². The molecule has 0 atom stereocenters. The topological polar surface area (TPSA) is 44.9 Å². The number of carbonyl (C=O) groups is 1. The van der Waals surface area contributed by atoms with Gasteiger partial charge in [0.25, 0.3) is 0 Å². The van der Waals surface area contributed by atoms with Crippen LogP contribution in [0.5, 0.6) is 0 Å². The predicted molar refractivity (Wildman–Crippen MR) is 68.7 cm³/mol. The third-order valence-electron chi connectivity index (χ3n) is 3.50. The van der Waals surface area contributed by atoms with Crippen molar-refractivity contribution in [1.29, 1.82) is 0 Å². The molecule has 1 aromatic rings. The maximum absolute atomic E-state index is 11.8. The molecule has 94 valence electrons. The fourth-order valence-corrected chi connectivity index (χ4v) is 2.49. The second-order valence-corrected chi connectivity index (χ2v) is 4.95. The quantitative estimate of drug-likeness (QED) is 0.773. The summed E-state index contributed by atoms with van der Waals surface area (Å²) in [4.78, 5) is 14.9. The molecule has 3 nitrogen and oxygen atoms in total. The van der Waals surface area contributed by atoms with Gasteiger partial charge < -0.3 is 10.3 Å². The molecule has 3 heteroatoms. The lowest BCUT2D eigenvalue weighted by molar-refractivity contribution is -0.121. The highest BCUT2D eigenvalue weighted by atomic mass is 16.1. The van der Waals surface area contributed by atoms with Gasteiger partial charge in [-0.15, -0.1) is 0 Å². The normalized spacial score (nSPS) is 17.6. The SMILES string of the molecule is O=C(CCc1ccc[nH]1)NC1CCCCCC1. The van der Waals surface area contributed by atoms with Crippen LogP contribution in [0.2, 0.25) is 0 Å². The minimum absolute atomic E-state index is 0.200. The first kappa shape index (κ1) is 12.2. The van der Waals surface area contributed by atoms with E-state index in [9.17, 15) is 4.79 Å². The predicted octanol–water partition coefficient (Wildman–Crippen LogP) is 2.79. The minimum atomic E-state index is 0.200. The molecule has 1 saturated carbocycles. The molecule has 0 saturated heterocycles. The number of carbonyl (C=O) groups excluding carboxylic acids is 1. The van der Waals surface area contributed by atoms with Gasteiger partial charge in [0.15, 0.2) is 0 Å². The zero-order valence-electron chi connectivity index (χ0n) is 10.4. The van der Waals surface area contributed by atoms with Gasteiger partial charge in [0.05, 0.1) is 0 Å². The smallest absolute Gasteiger partial charge is 0.220 e. The van der Waals surface area contributed by atoms with E-state index in [1.54, 1.807) is 0 Å². The molecule has 1 amide bonds. The molecule has 0 aliphatic heterocycles. The molecule has 1 fully saturated rings. The van der Waals surface area contributed by atoms with Crippen molar-refractivity contribution in [3.8, 4) is 0 Å². The molecule has 2 rings (SSSR count). The number of nitrogens with one attached hydrogen (secondary N) is 2. The second-order valence-electron chi connectivity index (χ2n) is 4.95. The van der Waals surface area contributed by atoms with Crippen molar-refractivity contribution in [2.75, 3.05) is 0 Å². The highest BCUT2D eigenvalue weighted by Crippen LogP contribution is 2.17. The van der Waals surface area contributed by atoms with E-state index in [1.807, 2.05) is 18.3 Å². The Hall–Kier alpha value is -1.25. The van der Waals surface area contributed by atoms with Gasteiger partial charge in [-0.25, -0.2) is 0 Å². The molecule has 1 aliphatic carbocycles. The Morgan fingerprint density at radius 3 is 2.71 bits per heavy atom. The van der Waals surface area contributed by atoms with Crippen molar-refractivity contribution in [3.63, 3.8) is 0 Å². The molecule has 1 heterocycles. The number of rotatable bonds is 4. The van der Waals surface area contributed by atoms with Crippen molar-refractivity contribution in [2.24, 2.45) is 0 Å². The van der Waals surface area contributed by atoms with E-state index in [4.69, 9.17) is 0 Å². The zero-order chi connectivity index (χ0) is 11.9. The maximum Gasteiger partial charge on any atom is 0.220 e. The van der Waals surface area contributed by atoms with E-state index in [1.165, 1.54) is 25.7 Å². The van der Waals surface area contributed by atoms with Crippen LogP contribution < -0.4 is 5.32 Å². The summed E-state index contributed by atoms with van der Waals surface area (Å²) in [5.74, 6) is 0.200. The van der Waals surface area contributed by atoms with Gasteiger partial charge >= 0.3 is 0 Å². The average Bonchev–Trinajstić information content (AvgIpc) is 2.72. The molecule has 0 spiro atoms. The summed E-state index contributed by atoms with van der Waals surface area (Å²) >= 11 is 0. The third-order valence-corrected chi connectivity index (χ3v) is 3.50. The first-order valence-corrected chi connectivity index (χ1v) is 6.76. The number of amides is 1. The van der Waals surface area contributed by atoms with Crippen molar-refractivity contribution in [1.82, 2.24) is 10.3 Å². The molecular weight excluding hydrogens is 212 g/mol. The van der Waals surface area contributed by atoms with E-state index in [2.05, 4.69) is 10.3 Å². The highest BCUT2D eigenvalue weighted by molar-refractivity contribution is 5.76. The van der Waals surface area contributed by atoms with Gasteiger partial charge in [-0.2, -0.15) is 0 Å². The monoisotopic (exact) mass is 234 g/mol. The van der Waals surface area contributed by atoms with E-state index in [0.29, 0.717) is 12.5 Å². The summed E-state index contributed by atoms with van der Waals surface area (Å²) in [5.41, 5.74) is 1.14. The van der Waals surface area contributed by atoms with Crippen LogP contribution >= 0.6 is 0 Å². The Kier molecular flexibility index (Phi) is 4.65. The number of hydrogen-bond donors (Lipinski definition) is 2. The average molecular weight is 234 g/mol. The van der Waals surface area contributed by atoms with Crippen LogP contribution in [0.1, 0.15) is 50.6 Å². The molecule has 17 heavy (non-hydrogen) atoms. The van der Waals surface area contributed by atoms with Crippen molar-refractivity contribution in [2.45, 2.75) is 57.4 Å². The molecule has 1 aromatic heterocycles. The Balaban J connectivity index is 1.69. The Morgan fingerprint density at radius 2 is 2.06 bits per heavy atom. The molecular formula is C14H22N2O. The van der Waals surface area contributed by atoms with Gasteiger partial charge in [0.1, 0.15) is 0 Å². The standard InChI is InChI=1S/C14H22N2O/c17-14(10-9-12-8-5-11-15-12)16-13-6-3-1-2-4-7-13/h5,8,11,13,15H,1-4,6-7,9-10H2,(H,16,17). The fourth-order valence-electron chi connectivity index (χ4n) is 2.49. The van der Waals surface area contributed by atoms with Gasteiger partial charge in [0.2, 0.25) is 5.91 Å². The van der Waals surface area contributed by atoms with Gasteiger partial charge in [-0.05, 0) is 31.4 Å². The molecule has 2 N–H and O–H groups in total. The number of aryl methyl sites for hydroxylation is 1. The van der Waals surface area contributed by atoms with Crippen molar-refractivity contribution >= 4 is 5.91 Å². The highest BCUT2D eigenvalue weighted by Gasteiger charge is 2.14. The maximum atomic E-state index is 11.8. The lowest BCUT2D eigenvalue weighted by atomic mass is 10.1. The minimum Gasteiger partial charge on any atom is -0.365 e. The molecule has 0 radical (unpaired) electrons. The van der Waals surface area contributed by atoms with Crippen LogP contribution in [-0.4, -0.2) is 16.9 Å². The third kappa shape index (κ3) is 4.25. The van der Waals surface area contributed by atoms with Crippen LogP contribution in [0.4, 0.5) is 0 Å². The summed E-state index contributed by atoms with van der Waals surface area (Å²) in [7, 11) is 0. The van der Waals surface area contributed by atoms with Gasteiger partial charge in [-0.3, -0.25) is 4.79 Å². The summed E-state index contributed by atoms with van der Waals surface area (Å²) in [5, 5.41) is 3.17. The first-order chi connectivity index (χ1) is 8.34. The summed E-state index contributed by atoms with van der Waals surface area (Å²) in [6, 6.07) is 4.42. The molecule has 0 bridgehead atoms. The van der Waals surface area contributed by atoms with Crippen LogP contribution in [0.3, 0.4) is 0 Å². The lowest BCUT2D eigenvalue weighted by Crippen LogP contribution is -2.34. The van der Waals surface area contributed by atoms with Crippen LogP contribution in [0.25, 0.3) is 0 Å².